The molecule has 1 aromatic rings. The van der Waals surface area contributed by atoms with Crippen LogP contribution in [0.2, 0.25) is 0 Å². The van der Waals surface area contributed by atoms with Crippen molar-refractivity contribution >= 4 is 32.9 Å². The summed E-state index contributed by atoms with van der Waals surface area (Å²) in [6, 6.07) is 7.63. The van der Waals surface area contributed by atoms with Crippen molar-refractivity contribution < 1.29 is 8.42 Å². The van der Waals surface area contributed by atoms with Gasteiger partial charge in [-0.15, -0.1) is 0 Å². The van der Waals surface area contributed by atoms with Crippen molar-refractivity contribution in [2.75, 3.05) is 10.8 Å². The van der Waals surface area contributed by atoms with E-state index in [9.17, 15) is 8.42 Å². The number of nitrogens with zero attached hydrogens (tertiary/aromatic N) is 1. The Bertz CT molecular complexity index is 584. The summed E-state index contributed by atoms with van der Waals surface area (Å²) in [6.45, 7) is 2.04. The second-order valence-electron chi connectivity index (χ2n) is 4.75. The SMILES string of the molecule is CC(C(N)=S)S(=O)(=O)N1CCCCc2ccccc21. The predicted molar refractivity (Wildman–Crippen MR) is 81.9 cm³/mol. The molecule has 0 aromatic heterocycles. The molecule has 1 unspecified atom stereocenters. The number of rotatable bonds is 3. The molecule has 104 valence electrons. The number of thiocarbonyl (C=S) groups is 1. The van der Waals surface area contributed by atoms with Crippen LogP contribution in [-0.2, 0) is 16.4 Å². The Hall–Kier alpha value is -1.14. The van der Waals surface area contributed by atoms with Crippen LogP contribution in [0.4, 0.5) is 5.69 Å². The Labute approximate surface area is 119 Å². The van der Waals surface area contributed by atoms with Gasteiger partial charge in [-0.05, 0) is 37.8 Å². The fourth-order valence-corrected chi connectivity index (χ4v) is 4.13. The quantitative estimate of drug-likeness (QED) is 0.865. The van der Waals surface area contributed by atoms with E-state index in [1.807, 2.05) is 24.3 Å². The number of hydrogen-bond donors (Lipinski definition) is 1. The Kier molecular flexibility index (Phi) is 4.10. The number of aryl methyl sites for hydroxylation is 1. The number of anilines is 1. The van der Waals surface area contributed by atoms with Crippen molar-refractivity contribution in [3.05, 3.63) is 29.8 Å². The van der Waals surface area contributed by atoms with Gasteiger partial charge < -0.3 is 5.73 Å². The van der Waals surface area contributed by atoms with Crippen molar-refractivity contribution in [1.82, 2.24) is 0 Å². The molecule has 0 radical (unpaired) electrons. The average molecular weight is 298 g/mol. The molecule has 1 aliphatic heterocycles. The zero-order chi connectivity index (χ0) is 14.0. The van der Waals surface area contributed by atoms with Crippen molar-refractivity contribution in [2.45, 2.75) is 31.4 Å². The molecule has 1 atom stereocenters. The van der Waals surface area contributed by atoms with Crippen LogP contribution in [0.15, 0.2) is 24.3 Å². The van der Waals surface area contributed by atoms with Gasteiger partial charge in [0.1, 0.15) is 5.25 Å². The lowest BCUT2D eigenvalue weighted by atomic mass is 10.1. The lowest BCUT2D eigenvalue weighted by Gasteiger charge is -2.27. The molecule has 0 saturated carbocycles. The minimum Gasteiger partial charge on any atom is -0.392 e. The molecule has 1 heterocycles. The molecule has 1 aliphatic rings. The number of para-hydroxylation sites is 1. The van der Waals surface area contributed by atoms with Crippen LogP contribution in [0.5, 0.6) is 0 Å². The first kappa shape index (κ1) is 14.3. The summed E-state index contributed by atoms with van der Waals surface area (Å²) in [7, 11) is -3.53. The smallest absolute Gasteiger partial charge is 0.244 e. The molecule has 0 bridgehead atoms. The molecule has 6 heteroatoms. The van der Waals surface area contributed by atoms with E-state index in [4.69, 9.17) is 18.0 Å². The number of hydrogen-bond acceptors (Lipinski definition) is 3. The van der Waals surface area contributed by atoms with Crippen LogP contribution in [-0.4, -0.2) is 25.2 Å². The first-order chi connectivity index (χ1) is 8.94. The summed E-state index contributed by atoms with van der Waals surface area (Å²) in [6.07, 6.45) is 2.74. The maximum atomic E-state index is 12.6. The molecule has 0 aliphatic carbocycles. The maximum Gasteiger partial charge on any atom is 0.244 e. The van der Waals surface area contributed by atoms with E-state index in [0.717, 1.165) is 30.5 Å². The van der Waals surface area contributed by atoms with Gasteiger partial charge >= 0.3 is 0 Å². The third kappa shape index (κ3) is 2.74. The van der Waals surface area contributed by atoms with Crippen molar-refractivity contribution in [3.8, 4) is 0 Å². The summed E-state index contributed by atoms with van der Waals surface area (Å²) < 4.78 is 26.7. The largest absolute Gasteiger partial charge is 0.392 e. The number of fused-ring (bicyclic) bond motifs is 1. The standard InChI is InChI=1S/C13H18N2O2S2/c1-10(13(14)18)19(16,17)15-9-5-4-7-11-6-2-3-8-12(11)15/h2-3,6,8,10H,4-5,7,9H2,1H3,(H2,14,18). The summed E-state index contributed by atoms with van der Waals surface area (Å²) in [5.74, 6) is 0. The normalized spacial score (nSPS) is 17.4. The Morgan fingerprint density at radius 3 is 2.74 bits per heavy atom. The molecule has 0 amide bonds. The molecule has 2 rings (SSSR count). The molecule has 1 aromatic carbocycles. The Morgan fingerprint density at radius 2 is 2.05 bits per heavy atom. The van der Waals surface area contributed by atoms with E-state index in [0.29, 0.717) is 6.54 Å². The fourth-order valence-electron chi connectivity index (χ4n) is 2.26. The van der Waals surface area contributed by atoms with Crippen LogP contribution in [0.1, 0.15) is 25.3 Å². The minimum atomic E-state index is -3.53. The molecule has 19 heavy (non-hydrogen) atoms. The third-order valence-corrected chi connectivity index (χ3v) is 6.12. The molecular weight excluding hydrogens is 280 g/mol. The Balaban J connectivity index is 2.48. The van der Waals surface area contributed by atoms with Crippen LogP contribution >= 0.6 is 12.2 Å². The predicted octanol–water partition coefficient (Wildman–Crippen LogP) is 1.83. The summed E-state index contributed by atoms with van der Waals surface area (Å²) >= 11 is 4.84. The zero-order valence-electron chi connectivity index (χ0n) is 10.9. The van der Waals surface area contributed by atoms with Crippen LogP contribution in [0.25, 0.3) is 0 Å². The molecule has 0 fully saturated rings. The highest BCUT2D eigenvalue weighted by molar-refractivity contribution is 7.95. The highest BCUT2D eigenvalue weighted by Crippen LogP contribution is 2.29. The van der Waals surface area contributed by atoms with E-state index in [-0.39, 0.29) is 4.99 Å². The van der Waals surface area contributed by atoms with Gasteiger partial charge in [-0.25, -0.2) is 8.42 Å². The Morgan fingerprint density at radius 1 is 1.37 bits per heavy atom. The summed E-state index contributed by atoms with van der Waals surface area (Å²) in [5, 5.41) is -0.839. The number of benzene rings is 1. The first-order valence-electron chi connectivity index (χ1n) is 6.33. The topological polar surface area (TPSA) is 63.4 Å². The lowest BCUT2D eigenvalue weighted by molar-refractivity contribution is 0.586. The van der Waals surface area contributed by atoms with Gasteiger partial charge in [0.05, 0.1) is 10.7 Å². The van der Waals surface area contributed by atoms with Crippen molar-refractivity contribution in [2.24, 2.45) is 5.73 Å². The van der Waals surface area contributed by atoms with E-state index < -0.39 is 15.3 Å². The zero-order valence-corrected chi connectivity index (χ0v) is 12.5. The number of sulfonamides is 1. The van der Waals surface area contributed by atoms with Gasteiger partial charge in [-0.1, -0.05) is 30.4 Å². The van der Waals surface area contributed by atoms with E-state index in [1.165, 1.54) is 4.31 Å². The minimum absolute atomic E-state index is 0.0155. The lowest BCUT2D eigenvalue weighted by Crippen LogP contribution is -2.43. The van der Waals surface area contributed by atoms with Crippen LogP contribution < -0.4 is 10.0 Å². The van der Waals surface area contributed by atoms with Gasteiger partial charge in [0, 0.05) is 6.54 Å². The van der Waals surface area contributed by atoms with E-state index in [2.05, 4.69) is 0 Å². The van der Waals surface area contributed by atoms with Gasteiger partial charge in [0.15, 0.2) is 0 Å². The van der Waals surface area contributed by atoms with Gasteiger partial charge in [-0.2, -0.15) is 0 Å². The first-order valence-corrected chi connectivity index (χ1v) is 8.24. The average Bonchev–Trinajstić information content (AvgIpc) is 2.60. The third-order valence-electron chi connectivity index (χ3n) is 3.47. The van der Waals surface area contributed by atoms with Gasteiger partial charge in [0.2, 0.25) is 10.0 Å². The molecule has 2 N–H and O–H groups in total. The second kappa shape index (κ2) is 5.46. The monoisotopic (exact) mass is 298 g/mol. The van der Waals surface area contributed by atoms with E-state index in [1.54, 1.807) is 6.92 Å². The van der Waals surface area contributed by atoms with Crippen LogP contribution in [0, 0.1) is 0 Å². The highest BCUT2D eigenvalue weighted by Gasteiger charge is 2.32. The summed E-state index contributed by atoms with van der Waals surface area (Å²) in [4.78, 5) is 0.0155. The van der Waals surface area contributed by atoms with E-state index >= 15 is 0 Å². The fraction of sp³-hybridized carbons (Fsp3) is 0.462. The second-order valence-corrected chi connectivity index (χ2v) is 7.40. The molecular formula is C13H18N2O2S2. The maximum absolute atomic E-state index is 12.6. The van der Waals surface area contributed by atoms with Gasteiger partial charge in [-0.3, -0.25) is 4.31 Å². The van der Waals surface area contributed by atoms with Gasteiger partial charge in [0.25, 0.3) is 0 Å². The molecule has 0 saturated heterocycles. The van der Waals surface area contributed by atoms with Crippen LogP contribution in [0.3, 0.4) is 0 Å². The molecule has 0 spiro atoms. The number of nitrogens with two attached hydrogens (primary N) is 1. The highest BCUT2D eigenvalue weighted by atomic mass is 32.2. The van der Waals surface area contributed by atoms with Crippen molar-refractivity contribution in [1.29, 1.82) is 0 Å². The van der Waals surface area contributed by atoms with Crippen molar-refractivity contribution in [3.63, 3.8) is 0 Å². The summed E-state index contributed by atoms with van der Waals surface area (Å²) in [5.41, 5.74) is 7.35. The molecule has 4 nitrogen and oxygen atoms in total.